The highest BCUT2D eigenvalue weighted by molar-refractivity contribution is 8.00. The van der Waals surface area contributed by atoms with Crippen LogP contribution in [0.4, 0.5) is 10.7 Å². The average molecular weight is 300 g/mol. The molecule has 2 N–H and O–H groups in total. The second-order valence-electron chi connectivity index (χ2n) is 4.76. The number of rotatable bonds is 3. The van der Waals surface area contributed by atoms with Gasteiger partial charge in [-0.2, -0.15) is 4.80 Å². The first kappa shape index (κ1) is 14.6. The Balaban J connectivity index is 2.16. The lowest BCUT2D eigenvalue weighted by Crippen LogP contribution is -2.49. The van der Waals surface area contributed by atoms with Gasteiger partial charge in [0, 0.05) is 5.75 Å². The summed E-state index contributed by atoms with van der Waals surface area (Å²) < 4.78 is 0. The summed E-state index contributed by atoms with van der Waals surface area (Å²) >= 11 is 1.46. The highest BCUT2D eigenvalue weighted by Crippen LogP contribution is 2.34. The normalized spacial score (nSPS) is 22.3. The summed E-state index contributed by atoms with van der Waals surface area (Å²) in [5.74, 6) is -0.437. The second-order valence-corrected chi connectivity index (χ2v) is 5.91. The Morgan fingerprint density at radius 2 is 2.20 bits per heavy atom. The molecule has 1 aromatic rings. The van der Waals surface area contributed by atoms with E-state index in [0.29, 0.717) is 5.75 Å². The van der Waals surface area contributed by atoms with Crippen molar-refractivity contribution in [2.24, 2.45) is 13.0 Å². The number of amides is 2. The molecule has 9 nitrogen and oxygen atoms in total. The van der Waals surface area contributed by atoms with Crippen molar-refractivity contribution in [2.75, 3.05) is 11.1 Å². The molecule has 1 fully saturated rings. The summed E-state index contributed by atoms with van der Waals surface area (Å²) in [5.41, 5.74) is 0. The molecule has 10 heteroatoms. The van der Waals surface area contributed by atoms with Crippen molar-refractivity contribution in [1.82, 2.24) is 25.1 Å². The van der Waals surface area contributed by atoms with E-state index in [0.717, 1.165) is 0 Å². The van der Waals surface area contributed by atoms with Gasteiger partial charge in [0.2, 0.25) is 0 Å². The molecule has 0 aliphatic carbocycles. The van der Waals surface area contributed by atoms with Crippen molar-refractivity contribution in [3.8, 4) is 0 Å². The van der Waals surface area contributed by atoms with Crippen molar-refractivity contribution < 1.29 is 14.7 Å². The van der Waals surface area contributed by atoms with Crippen LogP contribution in [0, 0.1) is 5.92 Å². The molecular weight excluding hydrogens is 284 g/mol. The molecule has 2 heterocycles. The number of anilines is 1. The number of nitrogens with one attached hydrogen (secondary N) is 1. The molecule has 0 spiro atoms. The summed E-state index contributed by atoms with van der Waals surface area (Å²) in [6.45, 7) is 3.89. The molecule has 1 aliphatic heterocycles. The van der Waals surface area contributed by atoms with E-state index in [1.807, 2.05) is 13.8 Å². The first-order valence-corrected chi connectivity index (χ1v) is 7.12. The number of thioether (sulfide) groups is 1. The average Bonchev–Trinajstić information content (AvgIpc) is 2.95. The Hall–Kier alpha value is -1.84. The van der Waals surface area contributed by atoms with Crippen LogP contribution in [-0.4, -0.2) is 59.4 Å². The number of aliphatic carboxylic acids is 1. The zero-order chi connectivity index (χ0) is 14.9. The van der Waals surface area contributed by atoms with Crippen LogP contribution in [0.15, 0.2) is 0 Å². The van der Waals surface area contributed by atoms with E-state index >= 15 is 0 Å². The van der Waals surface area contributed by atoms with Gasteiger partial charge in [-0.05, 0) is 11.1 Å². The molecule has 0 aromatic carbocycles. The topological polar surface area (TPSA) is 113 Å². The van der Waals surface area contributed by atoms with Gasteiger partial charge in [-0.15, -0.1) is 16.9 Å². The second kappa shape index (κ2) is 5.65. The van der Waals surface area contributed by atoms with Crippen molar-refractivity contribution in [2.45, 2.75) is 25.3 Å². The summed E-state index contributed by atoms with van der Waals surface area (Å²) in [5, 5.41) is 22.6. The van der Waals surface area contributed by atoms with Crippen molar-refractivity contribution in [3.63, 3.8) is 0 Å². The third-order valence-corrected chi connectivity index (χ3v) is 4.47. The minimum Gasteiger partial charge on any atom is -0.480 e. The maximum atomic E-state index is 12.3. The maximum Gasteiger partial charge on any atom is 0.327 e. The zero-order valence-electron chi connectivity index (χ0n) is 11.3. The standard InChI is InChI=1S/C10H16N6O3S/c1-5(2)7-16(6(4-20-7)8(17)18)10(19)11-9-12-14-15(3)13-9/h5-7H,4H2,1-3H3,(H,17,18)(H,11,13,19). The Kier molecular flexibility index (Phi) is 4.12. The van der Waals surface area contributed by atoms with Crippen LogP contribution >= 0.6 is 11.8 Å². The van der Waals surface area contributed by atoms with Gasteiger partial charge in [0.15, 0.2) is 0 Å². The summed E-state index contributed by atoms with van der Waals surface area (Å²) in [6, 6.07) is -1.36. The molecule has 1 aliphatic rings. The summed E-state index contributed by atoms with van der Waals surface area (Å²) in [4.78, 5) is 26.1. The van der Waals surface area contributed by atoms with Gasteiger partial charge in [-0.1, -0.05) is 18.9 Å². The largest absolute Gasteiger partial charge is 0.480 e. The minimum atomic E-state index is -1.01. The van der Waals surface area contributed by atoms with Crippen LogP contribution in [0.25, 0.3) is 0 Å². The van der Waals surface area contributed by atoms with Gasteiger partial charge in [0.1, 0.15) is 6.04 Å². The molecule has 2 atom stereocenters. The third kappa shape index (κ3) is 2.84. The van der Waals surface area contributed by atoms with Crippen LogP contribution in [-0.2, 0) is 11.8 Å². The number of nitrogens with zero attached hydrogens (tertiary/aromatic N) is 5. The number of aryl methyl sites for hydroxylation is 1. The van der Waals surface area contributed by atoms with Crippen LogP contribution in [0.2, 0.25) is 0 Å². The monoisotopic (exact) mass is 300 g/mol. The third-order valence-electron chi connectivity index (χ3n) is 2.85. The number of urea groups is 1. The highest BCUT2D eigenvalue weighted by Gasteiger charge is 2.43. The van der Waals surface area contributed by atoms with E-state index in [1.54, 1.807) is 7.05 Å². The number of carbonyl (C=O) groups is 2. The molecule has 20 heavy (non-hydrogen) atoms. The molecule has 2 amide bonds. The Labute approximate surface area is 119 Å². The maximum absolute atomic E-state index is 12.3. The number of aromatic nitrogens is 4. The number of carbonyl (C=O) groups excluding carboxylic acids is 1. The van der Waals surface area contributed by atoms with Crippen LogP contribution in [0.5, 0.6) is 0 Å². The van der Waals surface area contributed by atoms with Gasteiger partial charge < -0.3 is 5.11 Å². The van der Waals surface area contributed by atoms with Crippen molar-refractivity contribution in [1.29, 1.82) is 0 Å². The molecule has 1 saturated heterocycles. The van der Waals surface area contributed by atoms with E-state index in [-0.39, 0.29) is 17.2 Å². The number of carboxylic acids is 1. The molecule has 2 unspecified atom stereocenters. The number of hydrogen-bond donors (Lipinski definition) is 2. The number of hydrogen-bond acceptors (Lipinski definition) is 6. The lowest BCUT2D eigenvalue weighted by atomic mass is 10.2. The Morgan fingerprint density at radius 3 is 2.70 bits per heavy atom. The molecule has 0 saturated carbocycles. The fourth-order valence-corrected chi connectivity index (χ4v) is 3.45. The van der Waals surface area contributed by atoms with Gasteiger partial charge >= 0.3 is 12.0 Å². The number of carboxylic acid groups (broad SMARTS) is 1. The van der Waals surface area contributed by atoms with E-state index in [2.05, 4.69) is 20.7 Å². The molecule has 0 bridgehead atoms. The molecule has 110 valence electrons. The van der Waals surface area contributed by atoms with E-state index in [4.69, 9.17) is 0 Å². The van der Waals surface area contributed by atoms with Crippen molar-refractivity contribution in [3.05, 3.63) is 0 Å². The van der Waals surface area contributed by atoms with Gasteiger partial charge in [0.05, 0.1) is 12.4 Å². The van der Waals surface area contributed by atoms with E-state index in [1.165, 1.54) is 21.5 Å². The predicted octanol–water partition coefficient (Wildman–Crippen LogP) is 0.226. The lowest BCUT2D eigenvalue weighted by Gasteiger charge is -2.29. The van der Waals surface area contributed by atoms with E-state index < -0.39 is 18.0 Å². The van der Waals surface area contributed by atoms with Gasteiger partial charge in [-0.25, -0.2) is 9.59 Å². The van der Waals surface area contributed by atoms with E-state index in [9.17, 15) is 14.7 Å². The first-order valence-electron chi connectivity index (χ1n) is 6.08. The first-order chi connectivity index (χ1) is 9.40. The SMILES string of the molecule is CC(C)C1SCC(C(=O)O)N1C(=O)Nc1nnn(C)n1. The van der Waals surface area contributed by atoms with Crippen LogP contribution < -0.4 is 5.32 Å². The van der Waals surface area contributed by atoms with Crippen molar-refractivity contribution >= 4 is 29.7 Å². The molecule has 2 rings (SSSR count). The highest BCUT2D eigenvalue weighted by atomic mass is 32.2. The number of tetrazole rings is 1. The Morgan fingerprint density at radius 1 is 1.50 bits per heavy atom. The van der Waals surface area contributed by atoms with Crippen LogP contribution in [0.3, 0.4) is 0 Å². The minimum absolute atomic E-state index is 0.0565. The van der Waals surface area contributed by atoms with Crippen LogP contribution in [0.1, 0.15) is 13.8 Å². The fourth-order valence-electron chi connectivity index (χ4n) is 1.98. The van der Waals surface area contributed by atoms with Gasteiger partial charge in [0.25, 0.3) is 5.95 Å². The predicted molar refractivity (Wildman–Crippen MR) is 72.2 cm³/mol. The quantitative estimate of drug-likeness (QED) is 0.821. The molecule has 1 aromatic heterocycles. The zero-order valence-corrected chi connectivity index (χ0v) is 12.2. The summed E-state index contributed by atoms with van der Waals surface area (Å²) in [7, 11) is 1.57. The fraction of sp³-hybridized carbons (Fsp3) is 0.700. The lowest BCUT2D eigenvalue weighted by molar-refractivity contribution is -0.141. The smallest absolute Gasteiger partial charge is 0.327 e. The van der Waals surface area contributed by atoms with Gasteiger partial charge in [-0.3, -0.25) is 10.2 Å². The molecule has 0 radical (unpaired) electrons. The molecular formula is C10H16N6O3S. The summed E-state index contributed by atoms with van der Waals surface area (Å²) in [6.07, 6.45) is 0. The Bertz CT molecular complexity index is 519.